The smallest absolute Gasteiger partial charge is 0.206 e. The third-order valence-electron chi connectivity index (χ3n) is 2.44. The first kappa shape index (κ1) is 12.4. The monoisotopic (exact) mass is 268 g/mol. The molecular formula is C11H16N4S2. The molecule has 0 aliphatic heterocycles. The largest absolute Gasteiger partial charge is 0.353 e. The summed E-state index contributed by atoms with van der Waals surface area (Å²) in [6, 6.07) is 0.235. The van der Waals surface area contributed by atoms with E-state index in [0.717, 1.165) is 27.3 Å². The van der Waals surface area contributed by atoms with Crippen LogP contribution in [0.3, 0.4) is 0 Å². The SMILES string of the molecule is CCc1nnc(NC(C)c2sc(C)nc2C)s1. The summed E-state index contributed by atoms with van der Waals surface area (Å²) in [5.74, 6) is 0. The van der Waals surface area contributed by atoms with Crippen molar-refractivity contribution in [3.8, 4) is 0 Å². The molecule has 92 valence electrons. The fourth-order valence-electron chi connectivity index (χ4n) is 1.65. The molecule has 0 aliphatic carbocycles. The highest BCUT2D eigenvalue weighted by atomic mass is 32.1. The molecule has 2 heterocycles. The van der Waals surface area contributed by atoms with Crippen LogP contribution < -0.4 is 5.32 Å². The number of aromatic nitrogens is 3. The Morgan fingerprint density at radius 3 is 2.53 bits per heavy atom. The molecule has 0 saturated carbocycles. The summed E-state index contributed by atoms with van der Waals surface area (Å²) >= 11 is 3.36. The van der Waals surface area contributed by atoms with E-state index in [1.54, 1.807) is 22.7 Å². The van der Waals surface area contributed by atoms with Crippen LogP contribution >= 0.6 is 22.7 Å². The lowest BCUT2D eigenvalue weighted by Crippen LogP contribution is -2.05. The number of nitrogens with zero attached hydrogens (tertiary/aromatic N) is 3. The Bertz CT molecular complexity index is 503. The molecule has 0 amide bonds. The summed E-state index contributed by atoms with van der Waals surface area (Å²) in [7, 11) is 0. The molecule has 17 heavy (non-hydrogen) atoms. The molecule has 2 aromatic rings. The summed E-state index contributed by atoms with van der Waals surface area (Å²) < 4.78 is 0. The lowest BCUT2D eigenvalue weighted by molar-refractivity contribution is 0.875. The van der Waals surface area contributed by atoms with E-state index >= 15 is 0 Å². The first-order valence-corrected chi connectivity index (χ1v) is 7.26. The molecular weight excluding hydrogens is 252 g/mol. The molecule has 4 nitrogen and oxygen atoms in total. The number of aryl methyl sites for hydroxylation is 3. The van der Waals surface area contributed by atoms with E-state index in [0.29, 0.717) is 0 Å². The van der Waals surface area contributed by atoms with Crippen LogP contribution in [0.5, 0.6) is 0 Å². The molecule has 1 atom stereocenters. The van der Waals surface area contributed by atoms with Gasteiger partial charge in [-0.2, -0.15) is 0 Å². The van der Waals surface area contributed by atoms with Gasteiger partial charge < -0.3 is 5.32 Å². The van der Waals surface area contributed by atoms with Gasteiger partial charge in [0.2, 0.25) is 5.13 Å². The number of rotatable bonds is 4. The van der Waals surface area contributed by atoms with Gasteiger partial charge in [0.05, 0.1) is 16.7 Å². The Balaban J connectivity index is 2.11. The molecule has 2 aromatic heterocycles. The van der Waals surface area contributed by atoms with Gasteiger partial charge in [0, 0.05) is 4.88 Å². The molecule has 0 aliphatic rings. The standard InChI is InChI=1S/C11H16N4S2/c1-5-9-14-15-11(17-9)13-7(3)10-6(2)12-8(4)16-10/h7H,5H2,1-4H3,(H,13,15). The van der Waals surface area contributed by atoms with Crippen LogP contribution in [0.2, 0.25) is 0 Å². The zero-order valence-electron chi connectivity index (χ0n) is 10.4. The Labute approximate surface area is 109 Å². The van der Waals surface area contributed by atoms with E-state index in [1.807, 2.05) is 6.92 Å². The van der Waals surface area contributed by atoms with E-state index in [9.17, 15) is 0 Å². The minimum Gasteiger partial charge on any atom is -0.353 e. The minimum absolute atomic E-state index is 0.235. The van der Waals surface area contributed by atoms with Crippen LogP contribution in [0.1, 0.15) is 40.5 Å². The van der Waals surface area contributed by atoms with E-state index in [-0.39, 0.29) is 6.04 Å². The van der Waals surface area contributed by atoms with Crippen molar-refractivity contribution in [3.05, 3.63) is 20.6 Å². The Morgan fingerprint density at radius 2 is 2.00 bits per heavy atom. The van der Waals surface area contributed by atoms with Gasteiger partial charge in [-0.25, -0.2) is 4.98 Å². The number of thiazole rings is 1. The lowest BCUT2D eigenvalue weighted by atomic mass is 10.2. The molecule has 1 N–H and O–H groups in total. The Morgan fingerprint density at radius 1 is 1.24 bits per heavy atom. The van der Waals surface area contributed by atoms with E-state index in [1.165, 1.54) is 4.88 Å². The molecule has 0 aromatic carbocycles. The van der Waals surface area contributed by atoms with Gasteiger partial charge >= 0.3 is 0 Å². The average Bonchev–Trinajstić information content (AvgIpc) is 2.85. The summed E-state index contributed by atoms with van der Waals surface area (Å²) in [5.41, 5.74) is 1.10. The van der Waals surface area contributed by atoms with Gasteiger partial charge in [0.25, 0.3) is 0 Å². The van der Waals surface area contributed by atoms with Crippen molar-refractivity contribution < 1.29 is 0 Å². The maximum Gasteiger partial charge on any atom is 0.206 e. The summed E-state index contributed by atoms with van der Waals surface area (Å²) in [4.78, 5) is 5.71. The molecule has 1 unspecified atom stereocenters. The molecule has 0 fully saturated rings. The molecule has 0 bridgehead atoms. The number of nitrogens with one attached hydrogen (secondary N) is 1. The third kappa shape index (κ3) is 2.81. The Hall–Kier alpha value is -1.01. The van der Waals surface area contributed by atoms with Gasteiger partial charge in [-0.05, 0) is 27.2 Å². The van der Waals surface area contributed by atoms with Gasteiger partial charge in [0.1, 0.15) is 5.01 Å². The zero-order valence-corrected chi connectivity index (χ0v) is 12.1. The summed E-state index contributed by atoms with van der Waals surface area (Å²) in [6.07, 6.45) is 0.937. The normalized spacial score (nSPS) is 12.7. The van der Waals surface area contributed by atoms with Crippen molar-refractivity contribution in [1.82, 2.24) is 15.2 Å². The minimum atomic E-state index is 0.235. The van der Waals surface area contributed by atoms with Crippen LogP contribution in [-0.2, 0) is 6.42 Å². The first-order valence-electron chi connectivity index (χ1n) is 5.63. The molecule has 0 radical (unpaired) electrons. The highest BCUT2D eigenvalue weighted by molar-refractivity contribution is 7.15. The van der Waals surface area contributed by atoms with Gasteiger partial charge in [-0.1, -0.05) is 18.3 Å². The highest BCUT2D eigenvalue weighted by Gasteiger charge is 2.14. The second kappa shape index (κ2) is 5.10. The summed E-state index contributed by atoms with van der Waals surface area (Å²) in [6.45, 7) is 8.31. The number of hydrogen-bond donors (Lipinski definition) is 1. The predicted octanol–water partition coefficient (Wildman–Crippen LogP) is 3.35. The zero-order chi connectivity index (χ0) is 12.4. The van der Waals surface area contributed by atoms with Crippen LogP contribution in [0.15, 0.2) is 0 Å². The maximum absolute atomic E-state index is 4.44. The molecule has 2 rings (SSSR count). The lowest BCUT2D eigenvalue weighted by Gasteiger charge is -2.10. The van der Waals surface area contributed by atoms with Crippen molar-refractivity contribution in [3.63, 3.8) is 0 Å². The van der Waals surface area contributed by atoms with Crippen LogP contribution in [-0.4, -0.2) is 15.2 Å². The van der Waals surface area contributed by atoms with Gasteiger partial charge in [-0.15, -0.1) is 21.5 Å². The summed E-state index contributed by atoms with van der Waals surface area (Å²) in [5, 5.41) is 14.7. The average molecular weight is 268 g/mol. The van der Waals surface area contributed by atoms with E-state index in [2.05, 4.69) is 41.3 Å². The van der Waals surface area contributed by atoms with Gasteiger partial charge in [-0.3, -0.25) is 0 Å². The van der Waals surface area contributed by atoms with Crippen molar-refractivity contribution in [1.29, 1.82) is 0 Å². The topological polar surface area (TPSA) is 50.7 Å². The van der Waals surface area contributed by atoms with E-state index in [4.69, 9.17) is 0 Å². The quantitative estimate of drug-likeness (QED) is 0.924. The molecule has 0 spiro atoms. The second-order valence-electron chi connectivity index (χ2n) is 3.90. The first-order chi connectivity index (χ1) is 8.10. The Kier molecular flexibility index (Phi) is 3.73. The van der Waals surface area contributed by atoms with Crippen molar-refractivity contribution >= 4 is 27.8 Å². The van der Waals surface area contributed by atoms with Crippen LogP contribution in [0, 0.1) is 13.8 Å². The van der Waals surface area contributed by atoms with E-state index < -0.39 is 0 Å². The maximum atomic E-state index is 4.44. The second-order valence-corrected chi connectivity index (χ2v) is 6.20. The highest BCUT2D eigenvalue weighted by Crippen LogP contribution is 2.28. The molecule has 0 saturated heterocycles. The van der Waals surface area contributed by atoms with Crippen LogP contribution in [0.25, 0.3) is 0 Å². The fourth-order valence-corrected chi connectivity index (χ4v) is 3.35. The van der Waals surface area contributed by atoms with Crippen molar-refractivity contribution in [2.45, 2.75) is 40.2 Å². The number of anilines is 1. The van der Waals surface area contributed by atoms with Crippen LogP contribution in [0.4, 0.5) is 5.13 Å². The van der Waals surface area contributed by atoms with Crippen molar-refractivity contribution in [2.24, 2.45) is 0 Å². The number of hydrogen-bond acceptors (Lipinski definition) is 6. The van der Waals surface area contributed by atoms with Gasteiger partial charge in [0.15, 0.2) is 0 Å². The fraction of sp³-hybridized carbons (Fsp3) is 0.545. The third-order valence-corrected chi connectivity index (χ3v) is 4.70. The van der Waals surface area contributed by atoms with Crippen molar-refractivity contribution in [2.75, 3.05) is 5.32 Å². The molecule has 6 heteroatoms. The predicted molar refractivity (Wildman–Crippen MR) is 72.9 cm³/mol.